The monoisotopic (exact) mass is 285 g/mol. The number of H-pyrrole nitrogens is 1. The maximum absolute atomic E-state index is 11.7. The number of nitrogens with zero attached hydrogens (tertiary/aromatic N) is 4. The Bertz CT molecular complexity index is 746. The molecule has 1 N–H and O–H groups in total. The van der Waals surface area contributed by atoms with Gasteiger partial charge in [-0.15, -0.1) is 0 Å². The summed E-state index contributed by atoms with van der Waals surface area (Å²) in [6, 6.07) is 3.69. The van der Waals surface area contributed by atoms with Crippen LogP contribution in [0.2, 0.25) is 0 Å². The van der Waals surface area contributed by atoms with E-state index < -0.39 is 5.69 Å². The second-order valence-electron chi connectivity index (χ2n) is 4.78. The molecule has 0 atom stereocenters. The van der Waals surface area contributed by atoms with E-state index in [1.165, 1.54) is 6.08 Å². The molecule has 1 saturated heterocycles. The minimum Gasteiger partial charge on any atom is -0.352 e. The van der Waals surface area contributed by atoms with Crippen molar-refractivity contribution in [2.45, 2.75) is 0 Å². The molecular formula is C14H15N5O2. The lowest BCUT2D eigenvalue weighted by Gasteiger charge is -2.35. The molecule has 1 aliphatic heterocycles. The third-order valence-electron chi connectivity index (χ3n) is 3.55. The lowest BCUT2D eigenvalue weighted by Crippen LogP contribution is -2.49. The number of carbonyl (C=O) groups excluding carboxylic acids is 1. The van der Waals surface area contributed by atoms with Crippen molar-refractivity contribution in [2.24, 2.45) is 0 Å². The molecule has 7 heteroatoms. The lowest BCUT2D eigenvalue weighted by molar-refractivity contribution is -0.126. The molecule has 0 radical (unpaired) electrons. The average Bonchev–Trinajstić information content (AvgIpc) is 2.53. The summed E-state index contributed by atoms with van der Waals surface area (Å²) in [6.45, 7) is 5.91. The van der Waals surface area contributed by atoms with Crippen molar-refractivity contribution in [3.8, 4) is 0 Å². The van der Waals surface area contributed by atoms with Gasteiger partial charge in [-0.3, -0.25) is 9.78 Å². The van der Waals surface area contributed by atoms with Crippen LogP contribution in [0.25, 0.3) is 11.0 Å². The van der Waals surface area contributed by atoms with Crippen molar-refractivity contribution in [1.82, 2.24) is 19.9 Å². The molecule has 1 fully saturated rings. The van der Waals surface area contributed by atoms with Crippen LogP contribution in [-0.4, -0.2) is 51.9 Å². The van der Waals surface area contributed by atoms with Crippen molar-refractivity contribution in [2.75, 3.05) is 31.1 Å². The van der Waals surface area contributed by atoms with Gasteiger partial charge in [-0.1, -0.05) is 6.58 Å². The fourth-order valence-electron chi connectivity index (χ4n) is 2.48. The van der Waals surface area contributed by atoms with E-state index >= 15 is 0 Å². The number of amides is 1. The number of rotatable bonds is 2. The van der Waals surface area contributed by atoms with E-state index in [1.807, 2.05) is 17.0 Å². The molecule has 0 aromatic carbocycles. The second kappa shape index (κ2) is 5.35. The molecule has 1 amide bonds. The smallest absolute Gasteiger partial charge is 0.348 e. The molecule has 2 aromatic heterocycles. The highest BCUT2D eigenvalue weighted by Crippen LogP contribution is 2.21. The Labute approximate surface area is 120 Å². The lowest BCUT2D eigenvalue weighted by atomic mass is 10.2. The van der Waals surface area contributed by atoms with E-state index in [0.717, 1.165) is 5.39 Å². The van der Waals surface area contributed by atoms with Gasteiger partial charge in [-0.05, 0) is 18.2 Å². The van der Waals surface area contributed by atoms with Crippen LogP contribution < -0.4 is 10.6 Å². The molecule has 1 aliphatic rings. The van der Waals surface area contributed by atoms with Crippen molar-refractivity contribution in [3.63, 3.8) is 0 Å². The summed E-state index contributed by atoms with van der Waals surface area (Å²) in [4.78, 5) is 37.8. The number of pyridine rings is 1. The molecular weight excluding hydrogens is 270 g/mol. The third kappa shape index (κ3) is 2.49. The predicted octanol–water partition coefficient (Wildman–Crippen LogP) is 0.153. The van der Waals surface area contributed by atoms with Gasteiger partial charge >= 0.3 is 5.69 Å². The topological polar surface area (TPSA) is 82.2 Å². The first-order valence-corrected chi connectivity index (χ1v) is 6.70. The number of piperazine rings is 1. The summed E-state index contributed by atoms with van der Waals surface area (Å²) < 4.78 is 0. The Kier molecular flexibility index (Phi) is 3.39. The Balaban J connectivity index is 1.90. The van der Waals surface area contributed by atoms with Crippen LogP contribution in [-0.2, 0) is 4.79 Å². The third-order valence-corrected chi connectivity index (χ3v) is 3.55. The van der Waals surface area contributed by atoms with E-state index in [-0.39, 0.29) is 5.91 Å². The summed E-state index contributed by atoms with van der Waals surface area (Å²) >= 11 is 0. The van der Waals surface area contributed by atoms with Crippen LogP contribution in [0.3, 0.4) is 0 Å². The zero-order chi connectivity index (χ0) is 14.8. The van der Waals surface area contributed by atoms with Crippen LogP contribution in [0.5, 0.6) is 0 Å². The Hall–Kier alpha value is -2.70. The van der Waals surface area contributed by atoms with Gasteiger partial charge in [0.05, 0.1) is 5.39 Å². The molecule has 7 nitrogen and oxygen atoms in total. The molecule has 3 rings (SSSR count). The molecule has 0 bridgehead atoms. The number of hydrogen-bond donors (Lipinski definition) is 1. The average molecular weight is 285 g/mol. The first-order valence-electron chi connectivity index (χ1n) is 6.70. The van der Waals surface area contributed by atoms with E-state index in [0.29, 0.717) is 37.6 Å². The van der Waals surface area contributed by atoms with E-state index in [2.05, 4.69) is 21.5 Å². The molecule has 0 aliphatic carbocycles. The van der Waals surface area contributed by atoms with Crippen LogP contribution >= 0.6 is 0 Å². The Morgan fingerprint density at radius 1 is 1.33 bits per heavy atom. The van der Waals surface area contributed by atoms with Crippen molar-refractivity contribution in [1.29, 1.82) is 0 Å². The van der Waals surface area contributed by atoms with Gasteiger partial charge in [0.25, 0.3) is 0 Å². The second-order valence-corrected chi connectivity index (χ2v) is 4.78. The van der Waals surface area contributed by atoms with Crippen LogP contribution in [0, 0.1) is 0 Å². The minimum atomic E-state index is -0.416. The molecule has 2 aromatic rings. The number of carbonyl (C=O) groups is 1. The first kappa shape index (κ1) is 13.3. The highest BCUT2D eigenvalue weighted by Gasteiger charge is 2.22. The van der Waals surface area contributed by atoms with E-state index in [4.69, 9.17) is 0 Å². The first-order chi connectivity index (χ1) is 10.2. The summed E-state index contributed by atoms with van der Waals surface area (Å²) in [5.41, 5.74) is 0.109. The van der Waals surface area contributed by atoms with Crippen LogP contribution in [0.1, 0.15) is 0 Å². The van der Waals surface area contributed by atoms with Crippen molar-refractivity contribution in [3.05, 3.63) is 41.5 Å². The van der Waals surface area contributed by atoms with E-state index in [1.54, 1.807) is 11.1 Å². The number of aromatic nitrogens is 3. The Morgan fingerprint density at radius 3 is 2.81 bits per heavy atom. The maximum atomic E-state index is 11.7. The van der Waals surface area contributed by atoms with Gasteiger partial charge in [0.15, 0.2) is 0 Å². The fourth-order valence-corrected chi connectivity index (χ4v) is 2.48. The van der Waals surface area contributed by atoms with E-state index in [9.17, 15) is 9.59 Å². The van der Waals surface area contributed by atoms with Crippen LogP contribution in [0.15, 0.2) is 35.8 Å². The van der Waals surface area contributed by atoms with Crippen molar-refractivity contribution >= 4 is 22.8 Å². The van der Waals surface area contributed by atoms with Gasteiger partial charge in [-0.25, -0.2) is 9.78 Å². The summed E-state index contributed by atoms with van der Waals surface area (Å²) in [7, 11) is 0. The minimum absolute atomic E-state index is 0.0694. The normalized spacial score (nSPS) is 15.2. The zero-order valence-corrected chi connectivity index (χ0v) is 11.5. The number of nitrogens with one attached hydrogen (secondary N) is 1. The quantitative estimate of drug-likeness (QED) is 0.794. The van der Waals surface area contributed by atoms with Crippen LogP contribution in [0.4, 0.5) is 5.82 Å². The SMILES string of the molecule is C=CC(=O)N1CCN(c2nc(=O)[nH]c3ncccc23)CC1. The maximum Gasteiger partial charge on any atom is 0.348 e. The fraction of sp³-hybridized carbons (Fsp3) is 0.286. The molecule has 3 heterocycles. The highest BCUT2D eigenvalue weighted by molar-refractivity contribution is 5.88. The summed E-state index contributed by atoms with van der Waals surface area (Å²) in [6.07, 6.45) is 2.95. The van der Waals surface area contributed by atoms with Crippen molar-refractivity contribution < 1.29 is 4.79 Å². The summed E-state index contributed by atoms with van der Waals surface area (Å²) in [5, 5.41) is 0.806. The largest absolute Gasteiger partial charge is 0.352 e. The zero-order valence-electron chi connectivity index (χ0n) is 11.5. The highest BCUT2D eigenvalue weighted by atomic mass is 16.2. The van der Waals surface area contributed by atoms with Gasteiger partial charge in [0.1, 0.15) is 11.5 Å². The molecule has 108 valence electrons. The van der Waals surface area contributed by atoms with Gasteiger partial charge < -0.3 is 9.80 Å². The number of hydrogen-bond acceptors (Lipinski definition) is 5. The number of aromatic amines is 1. The predicted molar refractivity (Wildman–Crippen MR) is 79.1 cm³/mol. The van der Waals surface area contributed by atoms with Gasteiger partial charge in [0.2, 0.25) is 5.91 Å². The standard InChI is InChI=1S/C14H15N5O2/c1-2-11(20)18-6-8-19(9-7-18)13-10-4-3-5-15-12(10)16-14(21)17-13/h2-5H,1,6-9H2,(H,15,16,17,21). The molecule has 0 spiro atoms. The molecule has 21 heavy (non-hydrogen) atoms. The van der Waals surface area contributed by atoms with Gasteiger partial charge in [0, 0.05) is 32.4 Å². The molecule has 0 saturated carbocycles. The number of fused-ring (bicyclic) bond motifs is 1. The molecule has 0 unspecified atom stereocenters. The Morgan fingerprint density at radius 2 is 2.10 bits per heavy atom. The van der Waals surface area contributed by atoms with Gasteiger partial charge in [-0.2, -0.15) is 4.98 Å². The number of anilines is 1. The summed E-state index contributed by atoms with van der Waals surface area (Å²) in [5.74, 6) is 0.549.